The smallest absolute Gasteiger partial charge is 0.248 e. The number of piperazine rings is 1. The van der Waals surface area contributed by atoms with Gasteiger partial charge in [-0.15, -0.1) is 0 Å². The van der Waals surface area contributed by atoms with E-state index in [-0.39, 0.29) is 18.6 Å². The summed E-state index contributed by atoms with van der Waals surface area (Å²) in [5.41, 5.74) is 0. The normalized spacial score (nSPS) is 26.3. The second-order valence-electron chi connectivity index (χ2n) is 5.98. The highest BCUT2D eigenvalue weighted by molar-refractivity contribution is 5.77. The summed E-state index contributed by atoms with van der Waals surface area (Å²) < 4.78 is 5.40. The highest BCUT2D eigenvalue weighted by Crippen LogP contribution is 2.17. The van der Waals surface area contributed by atoms with E-state index in [9.17, 15) is 4.79 Å². The van der Waals surface area contributed by atoms with Crippen molar-refractivity contribution in [3.05, 3.63) is 0 Å². The van der Waals surface area contributed by atoms with Crippen LogP contribution in [0.25, 0.3) is 0 Å². The number of likely N-dealkylation sites (N-methyl/N-ethyl adjacent to an activating group) is 1. The lowest BCUT2D eigenvalue weighted by molar-refractivity contribution is -0.136. The summed E-state index contributed by atoms with van der Waals surface area (Å²) in [6.45, 7) is 10.5. The van der Waals surface area contributed by atoms with E-state index < -0.39 is 0 Å². The van der Waals surface area contributed by atoms with E-state index in [4.69, 9.17) is 4.74 Å². The van der Waals surface area contributed by atoms with Gasteiger partial charge in [0.15, 0.2) is 0 Å². The van der Waals surface area contributed by atoms with Gasteiger partial charge in [0.2, 0.25) is 5.91 Å². The van der Waals surface area contributed by atoms with Crippen LogP contribution in [-0.4, -0.2) is 85.7 Å². The van der Waals surface area contributed by atoms with Crippen molar-refractivity contribution in [2.75, 3.05) is 52.9 Å². The van der Waals surface area contributed by atoms with Gasteiger partial charge in [0, 0.05) is 45.3 Å². The zero-order valence-corrected chi connectivity index (χ0v) is 12.5. The Morgan fingerprint density at radius 3 is 2.53 bits per heavy atom. The fourth-order valence-corrected chi connectivity index (χ4v) is 2.78. The molecule has 2 aliphatic heterocycles. The summed E-state index contributed by atoms with van der Waals surface area (Å²) in [5, 5.41) is 0. The first-order valence-electron chi connectivity index (χ1n) is 7.38. The van der Waals surface area contributed by atoms with Crippen LogP contribution in [0.2, 0.25) is 0 Å². The molecule has 2 saturated heterocycles. The quantitative estimate of drug-likeness (QED) is 0.733. The molecule has 0 radical (unpaired) electrons. The number of hydrogen-bond acceptors (Lipinski definition) is 4. The van der Waals surface area contributed by atoms with Gasteiger partial charge in [0.25, 0.3) is 0 Å². The van der Waals surface area contributed by atoms with Gasteiger partial charge in [-0.3, -0.25) is 9.69 Å². The van der Waals surface area contributed by atoms with Gasteiger partial charge in [-0.05, 0) is 27.3 Å². The molecule has 0 unspecified atom stereocenters. The van der Waals surface area contributed by atoms with Crippen LogP contribution in [0.5, 0.6) is 0 Å². The first-order chi connectivity index (χ1) is 9.06. The molecule has 2 fully saturated rings. The number of carbonyl (C=O) groups excluding carboxylic acids is 1. The minimum absolute atomic E-state index is 0.125. The van der Waals surface area contributed by atoms with Crippen LogP contribution in [0, 0.1) is 0 Å². The van der Waals surface area contributed by atoms with Crippen LogP contribution in [0.1, 0.15) is 20.3 Å². The second-order valence-corrected chi connectivity index (χ2v) is 5.98. The Balaban J connectivity index is 1.75. The summed E-state index contributed by atoms with van der Waals surface area (Å²) in [7, 11) is 2.17. The maximum absolute atomic E-state index is 12.0. The Hall–Kier alpha value is -0.650. The number of rotatable bonds is 4. The Kier molecular flexibility index (Phi) is 5.19. The van der Waals surface area contributed by atoms with E-state index in [1.165, 1.54) is 0 Å². The van der Waals surface area contributed by atoms with E-state index in [1.54, 1.807) is 0 Å². The van der Waals surface area contributed by atoms with Crippen LogP contribution < -0.4 is 0 Å². The van der Waals surface area contributed by atoms with Gasteiger partial charge in [-0.2, -0.15) is 0 Å². The first kappa shape index (κ1) is 14.8. The van der Waals surface area contributed by atoms with Crippen LogP contribution in [-0.2, 0) is 9.53 Å². The van der Waals surface area contributed by atoms with E-state index >= 15 is 0 Å². The Bertz CT molecular complexity index is 301. The lowest BCUT2D eigenvalue weighted by Gasteiger charge is -2.36. The zero-order chi connectivity index (χ0) is 13.8. The summed E-state index contributed by atoms with van der Waals surface area (Å²) in [6.07, 6.45) is 1.23. The fourth-order valence-electron chi connectivity index (χ4n) is 2.78. The second kappa shape index (κ2) is 6.68. The number of hydrogen-bond donors (Lipinski definition) is 0. The highest BCUT2D eigenvalue weighted by Gasteiger charge is 2.31. The molecule has 0 N–H and O–H groups in total. The molecule has 1 atom stereocenters. The maximum Gasteiger partial charge on any atom is 0.248 e. The van der Waals surface area contributed by atoms with Crippen LogP contribution >= 0.6 is 0 Å². The molecule has 5 heteroatoms. The molecule has 2 rings (SSSR count). The van der Waals surface area contributed by atoms with Crippen molar-refractivity contribution in [1.82, 2.24) is 14.7 Å². The average molecular weight is 269 g/mol. The topological polar surface area (TPSA) is 36.0 Å². The van der Waals surface area contributed by atoms with Crippen molar-refractivity contribution in [3.63, 3.8) is 0 Å². The molecule has 5 nitrogen and oxygen atoms in total. The standard InChI is InChI=1S/C14H27N3O2/c1-12(2)19-11-14(18)17-5-4-13(10-17)16-8-6-15(3)7-9-16/h12-13H,4-11H2,1-3H3/t13-/m1/s1. The average Bonchev–Trinajstić information content (AvgIpc) is 2.86. The lowest BCUT2D eigenvalue weighted by Crippen LogP contribution is -2.50. The summed E-state index contributed by atoms with van der Waals surface area (Å²) in [4.78, 5) is 18.9. The molecule has 0 aromatic carbocycles. The summed E-state index contributed by atoms with van der Waals surface area (Å²) >= 11 is 0. The SMILES string of the molecule is CC(C)OCC(=O)N1CC[C@@H](N2CCN(C)CC2)C1. The Labute approximate surface area is 116 Å². The minimum atomic E-state index is 0.125. The zero-order valence-electron chi connectivity index (χ0n) is 12.5. The molecular formula is C14H27N3O2. The van der Waals surface area contributed by atoms with Crippen molar-refractivity contribution in [1.29, 1.82) is 0 Å². The van der Waals surface area contributed by atoms with Crippen molar-refractivity contribution < 1.29 is 9.53 Å². The van der Waals surface area contributed by atoms with Gasteiger partial charge < -0.3 is 14.5 Å². The molecule has 19 heavy (non-hydrogen) atoms. The molecule has 0 bridgehead atoms. The van der Waals surface area contributed by atoms with E-state index in [2.05, 4.69) is 16.8 Å². The number of carbonyl (C=O) groups is 1. The highest BCUT2D eigenvalue weighted by atomic mass is 16.5. The van der Waals surface area contributed by atoms with Crippen LogP contribution in [0.3, 0.4) is 0 Å². The molecule has 0 spiro atoms. The summed E-state index contributed by atoms with van der Waals surface area (Å²) in [5.74, 6) is 0.144. The minimum Gasteiger partial charge on any atom is -0.369 e. The van der Waals surface area contributed by atoms with Gasteiger partial charge in [0.1, 0.15) is 6.61 Å². The van der Waals surface area contributed by atoms with Gasteiger partial charge in [-0.1, -0.05) is 0 Å². The lowest BCUT2D eigenvalue weighted by atomic mass is 10.2. The first-order valence-corrected chi connectivity index (χ1v) is 7.38. The Morgan fingerprint density at radius 1 is 1.21 bits per heavy atom. The number of likely N-dealkylation sites (tertiary alicyclic amines) is 1. The third kappa shape index (κ3) is 4.16. The molecule has 1 amide bonds. The van der Waals surface area contributed by atoms with E-state index in [0.29, 0.717) is 6.04 Å². The van der Waals surface area contributed by atoms with Gasteiger partial charge in [-0.25, -0.2) is 0 Å². The van der Waals surface area contributed by atoms with Gasteiger partial charge >= 0.3 is 0 Å². The van der Waals surface area contributed by atoms with E-state index in [0.717, 1.165) is 45.7 Å². The molecule has 110 valence electrons. The molecular weight excluding hydrogens is 242 g/mol. The summed E-state index contributed by atoms with van der Waals surface area (Å²) in [6, 6.07) is 0.552. The number of nitrogens with zero attached hydrogens (tertiary/aromatic N) is 3. The fraction of sp³-hybridized carbons (Fsp3) is 0.929. The Morgan fingerprint density at radius 2 is 1.89 bits per heavy atom. The largest absolute Gasteiger partial charge is 0.369 e. The maximum atomic E-state index is 12.0. The van der Waals surface area contributed by atoms with Gasteiger partial charge in [0.05, 0.1) is 6.10 Å². The number of ether oxygens (including phenoxy) is 1. The van der Waals surface area contributed by atoms with Crippen molar-refractivity contribution in [2.24, 2.45) is 0 Å². The van der Waals surface area contributed by atoms with Crippen LogP contribution in [0.4, 0.5) is 0 Å². The van der Waals surface area contributed by atoms with Crippen molar-refractivity contribution >= 4 is 5.91 Å². The molecule has 0 saturated carbocycles. The van der Waals surface area contributed by atoms with Crippen molar-refractivity contribution in [3.8, 4) is 0 Å². The molecule has 0 aliphatic carbocycles. The molecule has 2 heterocycles. The third-order valence-electron chi connectivity index (χ3n) is 4.11. The predicted molar refractivity (Wildman–Crippen MR) is 75.1 cm³/mol. The van der Waals surface area contributed by atoms with Crippen molar-refractivity contribution in [2.45, 2.75) is 32.4 Å². The molecule has 0 aromatic rings. The van der Waals surface area contributed by atoms with Crippen LogP contribution in [0.15, 0.2) is 0 Å². The monoisotopic (exact) mass is 269 g/mol. The third-order valence-corrected chi connectivity index (χ3v) is 4.11. The number of amides is 1. The molecule has 2 aliphatic rings. The van der Waals surface area contributed by atoms with E-state index in [1.807, 2.05) is 18.7 Å². The predicted octanol–water partition coefficient (Wildman–Crippen LogP) is 0.260. The molecule has 0 aromatic heterocycles.